The van der Waals surface area contributed by atoms with Gasteiger partial charge in [-0.1, -0.05) is 0 Å². The fourth-order valence-electron chi connectivity index (χ4n) is 0.858. The fraction of sp³-hybridized carbons (Fsp3) is 0.143. The number of ketones is 1. The number of carbonyl (C=O) groups excluding carboxylic acids is 1. The van der Waals surface area contributed by atoms with E-state index in [0.29, 0.717) is 11.5 Å². The van der Waals surface area contributed by atoms with Gasteiger partial charge in [-0.05, 0) is 13.0 Å². The molecular formula is C7H6O3. The maximum atomic E-state index is 5.04. The molecule has 0 radical (unpaired) electrons. The molecule has 2 rings (SSSR count). The van der Waals surface area contributed by atoms with Crippen LogP contribution < -0.4 is 0 Å². The number of hydrogen-bond acceptors (Lipinski definition) is 2. The zero-order valence-corrected chi connectivity index (χ0v) is 5.46. The Labute approximate surface area is 58.2 Å². The highest BCUT2D eigenvalue weighted by atomic mass is 16.7. The molecule has 2 heterocycles. The third-order valence-corrected chi connectivity index (χ3v) is 1.35. The number of allylic oxidation sites excluding steroid dienone is 2. The van der Waals surface area contributed by atoms with E-state index in [1.165, 1.54) is 6.79 Å². The highest BCUT2D eigenvalue weighted by Crippen LogP contribution is 2.19. The minimum absolute atomic E-state index is 0.669. The fourth-order valence-corrected chi connectivity index (χ4v) is 0.858. The summed E-state index contributed by atoms with van der Waals surface area (Å²) in [4.78, 5) is 0. The van der Waals surface area contributed by atoms with Crippen LogP contribution in [0.3, 0.4) is 0 Å². The first-order valence-electron chi connectivity index (χ1n) is 2.94. The number of rotatable bonds is 0. The molecule has 0 spiro atoms. The van der Waals surface area contributed by atoms with E-state index in [1.54, 1.807) is 12.3 Å². The van der Waals surface area contributed by atoms with Gasteiger partial charge in [0.05, 0.1) is 6.26 Å². The largest absolute Gasteiger partial charge is 0.479 e. The lowest BCUT2D eigenvalue weighted by atomic mass is 10.2. The summed E-state index contributed by atoms with van der Waals surface area (Å²) in [5.41, 5.74) is 0. The van der Waals surface area contributed by atoms with Gasteiger partial charge in [-0.2, -0.15) is 0 Å². The molecule has 0 N–H and O–H groups in total. The van der Waals surface area contributed by atoms with Gasteiger partial charge in [0.2, 0.25) is 5.78 Å². The van der Waals surface area contributed by atoms with Crippen LogP contribution in [0.5, 0.6) is 0 Å². The summed E-state index contributed by atoms with van der Waals surface area (Å²) in [6.45, 7) is 3.11. The van der Waals surface area contributed by atoms with Gasteiger partial charge in [0.15, 0.2) is 5.76 Å². The van der Waals surface area contributed by atoms with Crippen molar-refractivity contribution >= 4 is 5.78 Å². The van der Waals surface area contributed by atoms with Crippen LogP contribution >= 0.6 is 0 Å². The van der Waals surface area contributed by atoms with Crippen LogP contribution in [0.4, 0.5) is 0 Å². The molecule has 0 atom stereocenters. The summed E-state index contributed by atoms with van der Waals surface area (Å²) in [5, 5.41) is 0. The molecule has 2 aliphatic rings. The van der Waals surface area contributed by atoms with Crippen molar-refractivity contribution in [3.05, 3.63) is 30.6 Å². The molecule has 2 aliphatic heterocycles. The van der Waals surface area contributed by atoms with Crippen LogP contribution in [0.2, 0.25) is 0 Å². The number of ether oxygens (including phenoxy) is 2. The average Bonchev–Trinajstić information content (AvgIpc) is 2.36. The Morgan fingerprint density at radius 1 is 1.60 bits per heavy atom. The Morgan fingerprint density at radius 2 is 2.50 bits per heavy atom. The zero-order chi connectivity index (χ0) is 6.97. The predicted molar refractivity (Wildman–Crippen MR) is 33.3 cm³/mol. The molecule has 0 aromatic rings. The second-order valence-electron chi connectivity index (χ2n) is 2.00. The molecule has 0 fully saturated rings. The van der Waals surface area contributed by atoms with E-state index in [2.05, 4.69) is 0 Å². The predicted octanol–water partition coefficient (Wildman–Crippen LogP) is 1.02. The lowest BCUT2D eigenvalue weighted by Gasteiger charge is -2.08. The SMILES string of the molecule is CC1=C2O[CH-][O+]=C2C=CO1. The quantitative estimate of drug-likeness (QED) is 0.369. The van der Waals surface area contributed by atoms with Crippen LogP contribution in [-0.2, 0) is 13.9 Å². The Hall–Kier alpha value is -1.38. The third kappa shape index (κ3) is 0.603. The summed E-state index contributed by atoms with van der Waals surface area (Å²) in [6.07, 6.45) is 3.28. The van der Waals surface area contributed by atoms with Crippen molar-refractivity contribution in [2.75, 3.05) is 0 Å². The number of hydrogen-bond donors (Lipinski definition) is 0. The average molecular weight is 138 g/mol. The standard InChI is InChI=1S/C7H6O3/c1-5-7-6(2-3-8-5)9-4-10-7/h2-4H,1H3. The highest BCUT2D eigenvalue weighted by molar-refractivity contribution is 6.04. The van der Waals surface area contributed by atoms with Crippen molar-refractivity contribution in [1.82, 2.24) is 0 Å². The van der Waals surface area contributed by atoms with Crippen LogP contribution in [0.1, 0.15) is 6.92 Å². The molecule has 10 heavy (non-hydrogen) atoms. The summed E-state index contributed by atoms with van der Waals surface area (Å²) in [6, 6.07) is 0. The van der Waals surface area contributed by atoms with E-state index in [4.69, 9.17) is 13.9 Å². The summed E-state index contributed by atoms with van der Waals surface area (Å²) in [5.74, 6) is 2.11. The molecule has 0 aromatic carbocycles. The minimum atomic E-state index is 0.669. The molecule has 52 valence electrons. The molecule has 0 saturated heterocycles. The van der Waals surface area contributed by atoms with Crippen LogP contribution in [-0.4, -0.2) is 5.78 Å². The van der Waals surface area contributed by atoms with Crippen LogP contribution in [0.25, 0.3) is 0 Å². The molecule has 0 saturated carbocycles. The molecule has 0 aliphatic carbocycles. The number of fused-ring (bicyclic) bond motifs is 1. The molecule has 0 amide bonds. The maximum absolute atomic E-state index is 5.04. The lowest BCUT2D eigenvalue weighted by Crippen LogP contribution is -2.04. The van der Waals surface area contributed by atoms with Crippen LogP contribution in [0.15, 0.2) is 23.9 Å². The van der Waals surface area contributed by atoms with Gasteiger partial charge in [-0.15, -0.1) is 0 Å². The van der Waals surface area contributed by atoms with Gasteiger partial charge in [-0.25, -0.2) is 0 Å². The van der Waals surface area contributed by atoms with E-state index in [1.807, 2.05) is 6.92 Å². The van der Waals surface area contributed by atoms with E-state index in [-0.39, 0.29) is 0 Å². The molecule has 0 unspecified atom stereocenters. The van der Waals surface area contributed by atoms with Crippen molar-refractivity contribution < 1.29 is 13.9 Å². The first kappa shape index (κ1) is 5.41. The monoisotopic (exact) mass is 138 g/mol. The van der Waals surface area contributed by atoms with Gasteiger partial charge < -0.3 is 13.9 Å². The minimum Gasteiger partial charge on any atom is -0.479 e. The van der Waals surface area contributed by atoms with Gasteiger partial charge in [0, 0.05) is 0 Å². The molecule has 3 heteroatoms. The second-order valence-corrected chi connectivity index (χ2v) is 2.00. The van der Waals surface area contributed by atoms with E-state index in [0.717, 1.165) is 5.76 Å². The van der Waals surface area contributed by atoms with Gasteiger partial charge in [0.25, 0.3) is 0 Å². The Kier molecular flexibility index (Phi) is 0.974. The molecular weight excluding hydrogens is 132 g/mol. The Bertz CT molecular complexity index is 248. The van der Waals surface area contributed by atoms with E-state index >= 15 is 0 Å². The van der Waals surface area contributed by atoms with Crippen molar-refractivity contribution in [2.45, 2.75) is 6.92 Å². The van der Waals surface area contributed by atoms with Crippen molar-refractivity contribution in [3.8, 4) is 0 Å². The third-order valence-electron chi connectivity index (χ3n) is 1.35. The lowest BCUT2D eigenvalue weighted by molar-refractivity contribution is -0.430. The zero-order valence-electron chi connectivity index (χ0n) is 5.46. The van der Waals surface area contributed by atoms with E-state index in [9.17, 15) is 0 Å². The Balaban J connectivity index is 2.44. The smallest absolute Gasteiger partial charge is 0.333 e. The second kappa shape index (κ2) is 1.80. The summed E-state index contributed by atoms with van der Waals surface area (Å²) >= 11 is 0. The van der Waals surface area contributed by atoms with Crippen molar-refractivity contribution in [3.63, 3.8) is 0 Å². The first-order valence-corrected chi connectivity index (χ1v) is 2.94. The van der Waals surface area contributed by atoms with Crippen molar-refractivity contribution in [2.24, 2.45) is 0 Å². The molecule has 0 aromatic heterocycles. The maximum Gasteiger partial charge on any atom is 0.333 e. The summed E-state index contributed by atoms with van der Waals surface area (Å²) in [7, 11) is 0. The van der Waals surface area contributed by atoms with Gasteiger partial charge in [0.1, 0.15) is 5.76 Å². The first-order chi connectivity index (χ1) is 4.88. The molecule has 0 bridgehead atoms. The van der Waals surface area contributed by atoms with Crippen LogP contribution in [0, 0.1) is 6.79 Å². The topological polar surface area (TPSA) is 29.8 Å². The van der Waals surface area contributed by atoms with Gasteiger partial charge >= 0.3 is 6.79 Å². The molecule has 3 nitrogen and oxygen atoms in total. The van der Waals surface area contributed by atoms with E-state index < -0.39 is 0 Å². The normalized spacial score (nSPS) is 20.7. The Morgan fingerprint density at radius 3 is 3.30 bits per heavy atom. The highest BCUT2D eigenvalue weighted by Gasteiger charge is 2.21. The van der Waals surface area contributed by atoms with Gasteiger partial charge in [-0.3, -0.25) is 0 Å². The summed E-state index contributed by atoms with van der Waals surface area (Å²) < 4.78 is 15.0. The van der Waals surface area contributed by atoms with Crippen molar-refractivity contribution in [1.29, 1.82) is 0 Å².